The van der Waals surface area contributed by atoms with Gasteiger partial charge in [0, 0.05) is 10.0 Å². The highest BCUT2D eigenvalue weighted by molar-refractivity contribution is 9.10. The zero-order valence-corrected chi connectivity index (χ0v) is 11.8. The van der Waals surface area contributed by atoms with Crippen LogP contribution in [0.2, 0.25) is 0 Å². The van der Waals surface area contributed by atoms with Gasteiger partial charge in [0.1, 0.15) is 5.82 Å². The smallest absolute Gasteiger partial charge is 0.129 e. The van der Waals surface area contributed by atoms with Crippen molar-refractivity contribution in [3.05, 3.63) is 34.1 Å². The van der Waals surface area contributed by atoms with E-state index in [-0.39, 0.29) is 11.2 Å². The van der Waals surface area contributed by atoms with E-state index in [1.165, 1.54) is 6.07 Å². The van der Waals surface area contributed by atoms with Crippen LogP contribution in [0.5, 0.6) is 0 Å². The van der Waals surface area contributed by atoms with E-state index in [9.17, 15) is 9.50 Å². The summed E-state index contributed by atoms with van der Waals surface area (Å²) in [6.07, 6.45) is 3.61. The first-order valence-corrected chi connectivity index (χ1v) is 6.84. The molecule has 1 aromatic carbocycles. The molecule has 94 valence electrons. The van der Waals surface area contributed by atoms with E-state index in [1.54, 1.807) is 12.1 Å². The van der Waals surface area contributed by atoms with Gasteiger partial charge in [-0.2, -0.15) is 0 Å². The Morgan fingerprint density at radius 3 is 2.53 bits per heavy atom. The van der Waals surface area contributed by atoms with E-state index in [2.05, 4.69) is 15.9 Å². The summed E-state index contributed by atoms with van der Waals surface area (Å²) < 4.78 is 14.8. The van der Waals surface area contributed by atoms with Gasteiger partial charge in [0.05, 0.1) is 5.60 Å². The van der Waals surface area contributed by atoms with Gasteiger partial charge in [-0.1, -0.05) is 42.6 Å². The van der Waals surface area contributed by atoms with Crippen molar-refractivity contribution in [2.45, 2.75) is 45.1 Å². The van der Waals surface area contributed by atoms with Crippen LogP contribution in [0.3, 0.4) is 0 Å². The van der Waals surface area contributed by atoms with Gasteiger partial charge in [0.25, 0.3) is 0 Å². The molecule has 1 aliphatic carbocycles. The number of hydrogen-bond acceptors (Lipinski definition) is 1. The summed E-state index contributed by atoms with van der Waals surface area (Å²) in [5.74, 6) is -0.314. The summed E-state index contributed by atoms with van der Waals surface area (Å²) in [5.41, 5.74) is -0.914. The van der Waals surface area contributed by atoms with E-state index < -0.39 is 5.60 Å². The fourth-order valence-electron chi connectivity index (χ4n) is 2.81. The van der Waals surface area contributed by atoms with Gasteiger partial charge in [-0.3, -0.25) is 0 Å². The first-order valence-electron chi connectivity index (χ1n) is 6.05. The number of halogens is 2. The molecule has 3 heteroatoms. The Hall–Kier alpha value is -0.410. The molecule has 17 heavy (non-hydrogen) atoms. The minimum atomic E-state index is -1.06. The summed E-state index contributed by atoms with van der Waals surface area (Å²) in [6, 6.07) is 4.79. The number of hydrogen-bond donors (Lipinski definition) is 1. The van der Waals surface area contributed by atoms with Crippen molar-refractivity contribution in [1.82, 2.24) is 0 Å². The summed E-state index contributed by atoms with van der Waals surface area (Å²) in [4.78, 5) is 0. The van der Waals surface area contributed by atoms with Crippen LogP contribution < -0.4 is 0 Å². The van der Waals surface area contributed by atoms with Crippen LogP contribution in [0.15, 0.2) is 22.7 Å². The molecule has 1 aromatic rings. The summed E-state index contributed by atoms with van der Waals surface area (Å²) in [7, 11) is 0. The van der Waals surface area contributed by atoms with Gasteiger partial charge in [0.2, 0.25) is 0 Å². The molecule has 0 spiro atoms. The number of benzene rings is 1. The lowest BCUT2D eigenvalue weighted by molar-refractivity contribution is -0.106. The molecule has 1 aliphatic rings. The van der Waals surface area contributed by atoms with Crippen molar-refractivity contribution in [3.8, 4) is 0 Å². The molecule has 0 bridgehead atoms. The average molecular weight is 301 g/mol. The zero-order valence-electron chi connectivity index (χ0n) is 10.3. The topological polar surface area (TPSA) is 20.2 Å². The highest BCUT2D eigenvalue weighted by Gasteiger charge is 2.47. The SMILES string of the molecule is CC1(C)CCCCC1(O)c1cc(Br)ccc1F. The molecule has 0 saturated heterocycles. The molecule has 0 aliphatic heterocycles. The van der Waals surface area contributed by atoms with Crippen LogP contribution in [0.1, 0.15) is 45.1 Å². The van der Waals surface area contributed by atoms with Crippen molar-refractivity contribution < 1.29 is 9.50 Å². The molecule has 1 saturated carbocycles. The second-order valence-electron chi connectivity index (χ2n) is 5.58. The number of aliphatic hydroxyl groups is 1. The van der Waals surface area contributed by atoms with Crippen molar-refractivity contribution in [2.75, 3.05) is 0 Å². The van der Waals surface area contributed by atoms with Crippen molar-refractivity contribution in [2.24, 2.45) is 5.41 Å². The Kier molecular flexibility index (Phi) is 3.34. The molecule has 0 aromatic heterocycles. The van der Waals surface area contributed by atoms with E-state index in [1.807, 2.05) is 13.8 Å². The van der Waals surface area contributed by atoms with Crippen LogP contribution in [-0.4, -0.2) is 5.11 Å². The molecular weight excluding hydrogens is 283 g/mol. The van der Waals surface area contributed by atoms with E-state index in [4.69, 9.17) is 0 Å². The Bertz CT molecular complexity index is 430. The minimum Gasteiger partial charge on any atom is -0.384 e. The van der Waals surface area contributed by atoms with Crippen LogP contribution in [0.25, 0.3) is 0 Å². The van der Waals surface area contributed by atoms with Crippen LogP contribution in [0, 0.1) is 11.2 Å². The molecule has 1 N–H and O–H groups in total. The van der Waals surface area contributed by atoms with Gasteiger partial charge >= 0.3 is 0 Å². The highest BCUT2D eigenvalue weighted by Crippen LogP contribution is 2.50. The predicted molar refractivity (Wildman–Crippen MR) is 70.2 cm³/mol. The predicted octanol–water partition coefficient (Wildman–Crippen LogP) is 4.38. The molecule has 2 rings (SSSR count). The van der Waals surface area contributed by atoms with Gasteiger partial charge in [0.15, 0.2) is 0 Å². The Morgan fingerprint density at radius 2 is 1.88 bits per heavy atom. The number of rotatable bonds is 1. The normalized spacial score (nSPS) is 28.1. The largest absolute Gasteiger partial charge is 0.384 e. The summed E-state index contributed by atoms with van der Waals surface area (Å²) in [5, 5.41) is 10.9. The van der Waals surface area contributed by atoms with Gasteiger partial charge in [-0.05, 0) is 36.5 Å². The van der Waals surface area contributed by atoms with E-state index in [0.717, 1.165) is 23.7 Å². The molecule has 1 unspecified atom stereocenters. The molecule has 1 atom stereocenters. The lowest BCUT2D eigenvalue weighted by Gasteiger charge is -2.47. The molecular formula is C14H18BrFO. The van der Waals surface area contributed by atoms with Crippen LogP contribution in [-0.2, 0) is 5.60 Å². The first-order chi connectivity index (χ1) is 7.87. The zero-order chi connectivity index (χ0) is 12.7. The maximum Gasteiger partial charge on any atom is 0.129 e. The second-order valence-corrected chi connectivity index (χ2v) is 6.49. The third-order valence-corrected chi connectivity index (χ3v) is 4.58. The lowest BCUT2D eigenvalue weighted by Crippen LogP contribution is -2.45. The van der Waals surface area contributed by atoms with Gasteiger partial charge < -0.3 is 5.11 Å². The van der Waals surface area contributed by atoms with Gasteiger partial charge in [-0.15, -0.1) is 0 Å². The Balaban J connectivity index is 2.52. The maximum absolute atomic E-state index is 14.0. The fraction of sp³-hybridized carbons (Fsp3) is 0.571. The summed E-state index contributed by atoms with van der Waals surface area (Å²) in [6.45, 7) is 4.04. The average Bonchev–Trinajstić information content (AvgIpc) is 2.26. The summed E-state index contributed by atoms with van der Waals surface area (Å²) >= 11 is 3.35. The van der Waals surface area contributed by atoms with Crippen LogP contribution >= 0.6 is 15.9 Å². The second kappa shape index (κ2) is 4.36. The molecule has 1 nitrogen and oxygen atoms in total. The molecule has 0 amide bonds. The van der Waals surface area contributed by atoms with Crippen LogP contribution in [0.4, 0.5) is 4.39 Å². The third kappa shape index (κ3) is 2.15. The van der Waals surface area contributed by atoms with E-state index >= 15 is 0 Å². The quantitative estimate of drug-likeness (QED) is 0.816. The van der Waals surface area contributed by atoms with Gasteiger partial charge in [-0.25, -0.2) is 4.39 Å². The Morgan fingerprint density at radius 1 is 1.24 bits per heavy atom. The van der Waals surface area contributed by atoms with Crippen molar-refractivity contribution in [1.29, 1.82) is 0 Å². The fourth-order valence-corrected chi connectivity index (χ4v) is 3.17. The monoisotopic (exact) mass is 300 g/mol. The molecule has 0 heterocycles. The molecule has 1 fully saturated rings. The standard InChI is InChI=1S/C14H18BrFO/c1-13(2)7-3-4-8-14(13,17)11-9-10(15)5-6-12(11)16/h5-6,9,17H,3-4,7-8H2,1-2H3. The first kappa shape index (κ1) is 13.0. The highest BCUT2D eigenvalue weighted by atomic mass is 79.9. The maximum atomic E-state index is 14.0. The lowest BCUT2D eigenvalue weighted by atomic mass is 9.62. The Labute approximate surface area is 110 Å². The van der Waals surface area contributed by atoms with E-state index in [0.29, 0.717) is 12.0 Å². The minimum absolute atomic E-state index is 0.285. The van der Waals surface area contributed by atoms with Crippen molar-refractivity contribution in [3.63, 3.8) is 0 Å². The van der Waals surface area contributed by atoms with Crippen molar-refractivity contribution >= 4 is 15.9 Å². The third-order valence-electron chi connectivity index (χ3n) is 4.08. The molecule has 0 radical (unpaired) electrons.